The Morgan fingerprint density at radius 1 is 1.36 bits per heavy atom. The van der Waals surface area contributed by atoms with Crippen LogP contribution in [-0.2, 0) is 17.1 Å². The lowest BCUT2D eigenvalue weighted by molar-refractivity contribution is -0.385. The van der Waals surface area contributed by atoms with Crippen LogP contribution in [0.3, 0.4) is 0 Å². The van der Waals surface area contributed by atoms with Gasteiger partial charge in [-0.25, -0.2) is 4.98 Å². The number of benzene rings is 2. The summed E-state index contributed by atoms with van der Waals surface area (Å²) in [5, 5.41) is 11.9. The minimum atomic E-state index is -0.396. The molecule has 0 spiro atoms. The standard InChI is InChI=1S/C17H15N3O4S/c1-10-2-3-14-15(4-10)19-17(18-14)25-8-12-6-13(20(21)22)5-11-7-23-9-24-16(11)12/h2-6H,7-9H2,1H3,(H,18,19). The van der Waals surface area contributed by atoms with E-state index in [0.29, 0.717) is 23.7 Å². The summed E-state index contributed by atoms with van der Waals surface area (Å²) in [5.41, 5.74) is 4.56. The third kappa shape index (κ3) is 3.18. The second kappa shape index (κ2) is 6.38. The van der Waals surface area contributed by atoms with Crippen molar-refractivity contribution in [3.63, 3.8) is 0 Å². The maximum absolute atomic E-state index is 11.2. The number of ether oxygens (including phenoxy) is 2. The average Bonchev–Trinajstić information content (AvgIpc) is 3.01. The lowest BCUT2D eigenvalue weighted by atomic mass is 10.1. The van der Waals surface area contributed by atoms with E-state index in [0.717, 1.165) is 27.3 Å². The van der Waals surface area contributed by atoms with E-state index in [2.05, 4.69) is 9.97 Å². The van der Waals surface area contributed by atoms with Crippen LogP contribution in [0.5, 0.6) is 5.75 Å². The molecule has 0 fully saturated rings. The molecule has 0 saturated carbocycles. The zero-order valence-corrected chi connectivity index (χ0v) is 14.3. The molecule has 8 heteroatoms. The first-order valence-electron chi connectivity index (χ1n) is 7.70. The molecular weight excluding hydrogens is 342 g/mol. The summed E-state index contributed by atoms with van der Waals surface area (Å²) in [4.78, 5) is 18.6. The number of nitrogens with zero attached hydrogens (tertiary/aromatic N) is 2. The van der Waals surface area contributed by atoms with Crippen LogP contribution in [0.1, 0.15) is 16.7 Å². The number of hydrogen-bond acceptors (Lipinski definition) is 6. The highest BCUT2D eigenvalue weighted by atomic mass is 32.2. The second-order valence-electron chi connectivity index (χ2n) is 5.81. The maximum Gasteiger partial charge on any atom is 0.270 e. The Morgan fingerprint density at radius 2 is 2.24 bits per heavy atom. The molecule has 25 heavy (non-hydrogen) atoms. The average molecular weight is 357 g/mol. The molecule has 0 aliphatic carbocycles. The number of aromatic nitrogens is 2. The molecule has 0 saturated heterocycles. The van der Waals surface area contributed by atoms with Gasteiger partial charge in [0.2, 0.25) is 0 Å². The van der Waals surface area contributed by atoms with Crippen LogP contribution in [0.15, 0.2) is 35.5 Å². The van der Waals surface area contributed by atoms with Crippen LogP contribution in [0.25, 0.3) is 11.0 Å². The number of hydrogen-bond donors (Lipinski definition) is 1. The summed E-state index contributed by atoms with van der Waals surface area (Å²) in [7, 11) is 0. The molecule has 1 aliphatic heterocycles. The van der Waals surface area contributed by atoms with Crippen molar-refractivity contribution in [3.8, 4) is 5.75 Å². The Bertz CT molecular complexity index is 970. The highest BCUT2D eigenvalue weighted by Gasteiger charge is 2.21. The van der Waals surface area contributed by atoms with Crippen molar-refractivity contribution < 1.29 is 14.4 Å². The molecular formula is C17H15N3O4S. The molecule has 1 aromatic heterocycles. The lowest BCUT2D eigenvalue weighted by Gasteiger charge is -2.20. The fourth-order valence-corrected chi connectivity index (χ4v) is 3.66. The number of nitro benzene ring substituents is 1. The van der Waals surface area contributed by atoms with Gasteiger partial charge >= 0.3 is 0 Å². The Morgan fingerprint density at radius 3 is 3.08 bits per heavy atom. The van der Waals surface area contributed by atoms with Crippen molar-refractivity contribution in [2.75, 3.05) is 6.79 Å². The molecule has 128 valence electrons. The van der Waals surface area contributed by atoms with Crippen LogP contribution < -0.4 is 4.74 Å². The zero-order chi connectivity index (χ0) is 17.4. The number of rotatable bonds is 4. The largest absolute Gasteiger partial charge is 0.467 e. The van der Waals surface area contributed by atoms with Gasteiger partial charge in [0.25, 0.3) is 5.69 Å². The number of aryl methyl sites for hydroxylation is 1. The van der Waals surface area contributed by atoms with Crippen molar-refractivity contribution >= 4 is 28.5 Å². The Kier molecular flexibility index (Phi) is 4.06. The number of thioether (sulfide) groups is 1. The number of aromatic amines is 1. The number of nitro groups is 1. The normalized spacial score (nSPS) is 13.5. The molecule has 0 amide bonds. The predicted octanol–water partition coefficient (Wildman–Crippen LogP) is 3.94. The number of H-pyrrole nitrogens is 1. The van der Waals surface area contributed by atoms with Gasteiger partial charge in [0.1, 0.15) is 5.75 Å². The van der Waals surface area contributed by atoms with Gasteiger partial charge in [0, 0.05) is 29.0 Å². The Hall–Kier alpha value is -2.58. The Balaban J connectivity index is 1.62. The minimum absolute atomic E-state index is 0.0451. The first-order chi connectivity index (χ1) is 12.1. The zero-order valence-electron chi connectivity index (χ0n) is 13.4. The molecule has 7 nitrogen and oxygen atoms in total. The second-order valence-corrected chi connectivity index (χ2v) is 6.78. The molecule has 0 unspecified atom stereocenters. The number of non-ortho nitro benzene ring substituents is 1. The van der Waals surface area contributed by atoms with Crippen LogP contribution >= 0.6 is 11.8 Å². The highest BCUT2D eigenvalue weighted by Crippen LogP contribution is 2.36. The number of nitrogens with one attached hydrogen (secondary N) is 1. The van der Waals surface area contributed by atoms with Crippen molar-refractivity contribution in [2.45, 2.75) is 24.4 Å². The summed E-state index contributed by atoms with van der Waals surface area (Å²) >= 11 is 1.49. The van der Waals surface area contributed by atoms with Gasteiger partial charge in [-0.05, 0) is 24.6 Å². The molecule has 1 N–H and O–H groups in total. The SMILES string of the molecule is Cc1ccc2nc(SCc3cc([N+](=O)[O-])cc4c3OCOC4)[nH]c2c1. The molecule has 1 aliphatic rings. The van der Waals surface area contributed by atoms with Gasteiger partial charge in [-0.2, -0.15) is 0 Å². The summed E-state index contributed by atoms with van der Waals surface area (Å²) in [5.74, 6) is 1.19. The van der Waals surface area contributed by atoms with Crippen LogP contribution in [0.4, 0.5) is 5.69 Å². The van der Waals surface area contributed by atoms with Gasteiger partial charge in [-0.15, -0.1) is 0 Å². The van der Waals surface area contributed by atoms with E-state index in [4.69, 9.17) is 9.47 Å². The van der Waals surface area contributed by atoms with Gasteiger partial charge in [-0.3, -0.25) is 10.1 Å². The van der Waals surface area contributed by atoms with Crippen LogP contribution in [0.2, 0.25) is 0 Å². The monoisotopic (exact) mass is 357 g/mol. The first-order valence-corrected chi connectivity index (χ1v) is 8.68. The molecule has 2 aromatic carbocycles. The number of fused-ring (bicyclic) bond motifs is 2. The summed E-state index contributed by atoms with van der Waals surface area (Å²) in [6.07, 6.45) is 0. The molecule has 3 aromatic rings. The van der Waals surface area contributed by atoms with Gasteiger partial charge in [-0.1, -0.05) is 17.8 Å². The van der Waals surface area contributed by atoms with Crippen LogP contribution in [-0.4, -0.2) is 21.7 Å². The third-order valence-electron chi connectivity index (χ3n) is 3.96. The quantitative estimate of drug-likeness (QED) is 0.432. The lowest BCUT2D eigenvalue weighted by Crippen LogP contribution is -2.13. The fourth-order valence-electron chi connectivity index (χ4n) is 2.81. The van der Waals surface area contributed by atoms with Crippen molar-refractivity contribution in [1.29, 1.82) is 0 Å². The molecule has 0 bridgehead atoms. The third-order valence-corrected chi connectivity index (χ3v) is 4.88. The maximum atomic E-state index is 11.2. The van der Waals surface area contributed by atoms with Crippen molar-refractivity contribution in [3.05, 3.63) is 57.1 Å². The Labute approximate surface area is 147 Å². The van der Waals surface area contributed by atoms with E-state index >= 15 is 0 Å². The molecule has 0 atom stereocenters. The van der Waals surface area contributed by atoms with E-state index in [9.17, 15) is 10.1 Å². The van der Waals surface area contributed by atoms with Crippen LogP contribution in [0, 0.1) is 17.0 Å². The van der Waals surface area contributed by atoms with E-state index in [1.54, 1.807) is 6.07 Å². The smallest absolute Gasteiger partial charge is 0.270 e. The van der Waals surface area contributed by atoms with Crippen molar-refractivity contribution in [2.24, 2.45) is 0 Å². The fraction of sp³-hybridized carbons (Fsp3) is 0.235. The summed E-state index contributed by atoms with van der Waals surface area (Å²) in [6, 6.07) is 9.10. The van der Waals surface area contributed by atoms with E-state index in [1.165, 1.54) is 17.8 Å². The topological polar surface area (TPSA) is 90.3 Å². The van der Waals surface area contributed by atoms with Gasteiger partial charge in [0.15, 0.2) is 11.9 Å². The first kappa shape index (κ1) is 15.9. The molecule has 4 rings (SSSR count). The molecule has 2 heterocycles. The summed E-state index contributed by atoms with van der Waals surface area (Å²) < 4.78 is 10.8. The van der Waals surface area contributed by atoms with Gasteiger partial charge < -0.3 is 14.5 Å². The molecule has 0 radical (unpaired) electrons. The minimum Gasteiger partial charge on any atom is -0.467 e. The van der Waals surface area contributed by atoms with E-state index in [1.807, 2.05) is 25.1 Å². The predicted molar refractivity (Wildman–Crippen MR) is 93.8 cm³/mol. The van der Waals surface area contributed by atoms with Gasteiger partial charge in [0.05, 0.1) is 22.6 Å². The van der Waals surface area contributed by atoms with E-state index < -0.39 is 4.92 Å². The summed E-state index contributed by atoms with van der Waals surface area (Å²) in [6.45, 7) is 2.51. The highest BCUT2D eigenvalue weighted by molar-refractivity contribution is 7.98. The number of imidazole rings is 1. The van der Waals surface area contributed by atoms with Crippen molar-refractivity contribution in [1.82, 2.24) is 9.97 Å². The van der Waals surface area contributed by atoms with E-state index in [-0.39, 0.29) is 12.5 Å².